The van der Waals surface area contributed by atoms with Gasteiger partial charge in [-0.2, -0.15) is 0 Å². The third-order valence-electron chi connectivity index (χ3n) is 3.34. The van der Waals surface area contributed by atoms with Crippen molar-refractivity contribution in [2.75, 3.05) is 26.9 Å². The Hall–Kier alpha value is -3.01. The average Bonchev–Trinajstić information content (AvgIpc) is 2.88. The summed E-state index contributed by atoms with van der Waals surface area (Å²) in [6.07, 6.45) is 1.48. The number of rotatable bonds is 8. The molecule has 0 bridgehead atoms. The van der Waals surface area contributed by atoms with Gasteiger partial charge in [-0.05, 0) is 36.9 Å². The summed E-state index contributed by atoms with van der Waals surface area (Å²) in [5, 5.41) is -0.556. The quantitative estimate of drug-likeness (QED) is 0.514. The summed E-state index contributed by atoms with van der Waals surface area (Å²) < 4.78 is 15.2. The van der Waals surface area contributed by atoms with Gasteiger partial charge in [0.05, 0.1) is 18.6 Å². The SMILES string of the molecule is CCOC(=O)CN1C(=O)S/C(=C\c2ccc(OCC(N)=O)cc2OC)C1=O. The predicted octanol–water partition coefficient (Wildman–Crippen LogP) is 1.16. The number of hydrogen-bond donors (Lipinski definition) is 1. The summed E-state index contributed by atoms with van der Waals surface area (Å²) in [7, 11) is 1.43. The highest BCUT2D eigenvalue weighted by Crippen LogP contribution is 2.35. The van der Waals surface area contributed by atoms with E-state index in [2.05, 4.69) is 0 Å². The molecule has 0 aliphatic carbocycles. The molecule has 27 heavy (non-hydrogen) atoms. The third kappa shape index (κ3) is 5.23. The first-order valence-corrected chi connectivity index (χ1v) is 8.67. The molecule has 9 nitrogen and oxygen atoms in total. The van der Waals surface area contributed by atoms with Crippen molar-refractivity contribution in [3.05, 3.63) is 28.7 Å². The Morgan fingerprint density at radius 3 is 2.67 bits per heavy atom. The second-order valence-electron chi connectivity index (χ2n) is 5.23. The number of thioether (sulfide) groups is 1. The van der Waals surface area contributed by atoms with Crippen molar-refractivity contribution in [3.63, 3.8) is 0 Å². The van der Waals surface area contributed by atoms with E-state index >= 15 is 0 Å². The number of methoxy groups -OCH3 is 1. The molecule has 1 saturated heterocycles. The predicted molar refractivity (Wildman–Crippen MR) is 97.0 cm³/mol. The lowest BCUT2D eigenvalue weighted by Crippen LogP contribution is -2.34. The zero-order valence-corrected chi connectivity index (χ0v) is 15.5. The minimum absolute atomic E-state index is 0.147. The van der Waals surface area contributed by atoms with Crippen molar-refractivity contribution in [1.82, 2.24) is 4.90 Å². The van der Waals surface area contributed by atoms with Crippen LogP contribution in [0.3, 0.4) is 0 Å². The van der Waals surface area contributed by atoms with E-state index in [1.54, 1.807) is 19.1 Å². The molecule has 2 rings (SSSR count). The van der Waals surface area contributed by atoms with Crippen LogP contribution >= 0.6 is 11.8 Å². The van der Waals surface area contributed by atoms with Gasteiger partial charge in [-0.3, -0.25) is 24.1 Å². The Bertz CT molecular complexity index is 806. The van der Waals surface area contributed by atoms with Crippen LogP contribution in [0.5, 0.6) is 11.5 Å². The number of primary amides is 1. The Balaban J connectivity index is 2.20. The fraction of sp³-hybridized carbons (Fsp3) is 0.294. The smallest absolute Gasteiger partial charge is 0.326 e. The maximum Gasteiger partial charge on any atom is 0.326 e. The van der Waals surface area contributed by atoms with E-state index in [0.29, 0.717) is 17.1 Å². The first kappa shape index (κ1) is 20.3. The number of benzene rings is 1. The number of esters is 1. The van der Waals surface area contributed by atoms with Crippen molar-refractivity contribution >= 4 is 40.9 Å². The second kappa shape index (κ2) is 9.08. The van der Waals surface area contributed by atoms with Crippen LogP contribution < -0.4 is 15.2 Å². The highest BCUT2D eigenvalue weighted by atomic mass is 32.2. The van der Waals surface area contributed by atoms with Gasteiger partial charge in [0.1, 0.15) is 18.0 Å². The van der Waals surface area contributed by atoms with Crippen LogP contribution in [0, 0.1) is 0 Å². The summed E-state index contributed by atoms with van der Waals surface area (Å²) in [5.41, 5.74) is 5.55. The molecule has 1 aromatic carbocycles. The second-order valence-corrected chi connectivity index (χ2v) is 6.22. The first-order valence-electron chi connectivity index (χ1n) is 7.85. The van der Waals surface area contributed by atoms with Gasteiger partial charge < -0.3 is 19.9 Å². The van der Waals surface area contributed by atoms with Crippen molar-refractivity contribution in [1.29, 1.82) is 0 Å². The minimum atomic E-state index is -0.658. The maximum absolute atomic E-state index is 12.4. The number of nitrogens with two attached hydrogens (primary N) is 1. The molecule has 3 amide bonds. The van der Waals surface area contributed by atoms with E-state index in [0.717, 1.165) is 16.7 Å². The Kier molecular flexibility index (Phi) is 6.83. The molecule has 0 spiro atoms. The van der Waals surface area contributed by atoms with Gasteiger partial charge in [0.15, 0.2) is 6.61 Å². The van der Waals surface area contributed by atoms with Crippen molar-refractivity contribution in [2.24, 2.45) is 5.73 Å². The molecule has 1 aliphatic rings. The van der Waals surface area contributed by atoms with Gasteiger partial charge in [0.2, 0.25) is 0 Å². The zero-order chi connectivity index (χ0) is 20.0. The van der Waals surface area contributed by atoms with Crippen LogP contribution in [0.25, 0.3) is 6.08 Å². The molecule has 144 valence electrons. The highest BCUT2D eigenvalue weighted by molar-refractivity contribution is 8.18. The molecule has 10 heteroatoms. The summed E-state index contributed by atoms with van der Waals surface area (Å²) >= 11 is 0.717. The van der Waals surface area contributed by atoms with Crippen molar-refractivity contribution in [3.8, 4) is 11.5 Å². The largest absolute Gasteiger partial charge is 0.496 e. The van der Waals surface area contributed by atoms with E-state index in [-0.39, 0.29) is 18.1 Å². The maximum atomic E-state index is 12.4. The van der Waals surface area contributed by atoms with E-state index in [1.807, 2.05) is 0 Å². The van der Waals surface area contributed by atoms with E-state index in [1.165, 1.54) is 19.3 Å². The number of nitrogens with zero attached hydrogens (tertiary/aromatic N) is 1. The van der Waals surface area contributed by atoms with Crippen LogP contribution in [-0.2, 0) is 19.1 Å². The lowest BCUT2D eigenvalue weighted by atomic mass is 10.1. The Morgan fingerprint density at radius 1 is 1.30 bits per heavy atom. The summed E-state index contributed by atoms with van der Waals surface area (Å²) in [6, 6.07) is 4.70. The molecule has 1 aliphatic heterocycles. The number of ether oxygens (including phenoxy) is 3. The van der Waals surface area contributed by atoms with Gasteiger partial charge in [-0.15, -0.1) is 0 Å². The number of carbonyl (C=O) groups excluding carboxylic acids is 4. The Labute approximate surface area is 159 Å². The minimum Gasteiger partial charge on any atom is -0.496 e. The molecule has 1 heterocycles. The highest BCUT2D eigenvalue weighted by Gasteiger charge is 2.36. The van der Waals surface area contributed by atoms with E-state index in [9.17, 15) is 19.2 Å². The lowest BCUT2D eigenvalue weighted by molar-refractivity contribution is -0.146. The first-order chi connectivity index (χ1) is 12.8. The standard InChI is InChI=1S/C17H18N2O7S/c1-3-25-15(21)8-19-16(22)13(27-17(19)23)6-10-4-5-11(7-12(10)24-2)26-9-14(18)20/h4-7H,3,8-9H2,1-2H3,(H2,18,20)/b13-6-. The van der Waals surface area contributed by atoms with Crippen molar-refractivity contribution in [2.45, 2.75) is 6.92 Å². The van der Waals surface area contributed by atoms with E-state index < -0.39 is 29.6 Å². The molecular weight excluding hydrogens is 376 g/mol. The molecule has 2 N–H and O–H groups in total. The van der Waals surface area contributed by atoms with Crippen LogP contribution in [0.4, 0.5) is 4.79 Å². The average molecular weight is 394 g/mol. The van der Waals surface area contributed by atoms with Gasteiger partial charge >= 0.3 is 5.97 Å². The molecule has 0 saturated carbocycles. The van der Waals surface area contributed by atoms with Gasteiger partial charge in [-0.1, -0.05) is 0 Å². The van der Waals surface area contributed by atoms with Gasteiger partial charge in [0.25, 0.3) is 17.1 Å². The molecular formula is C17H18N2O7S. The van der Waals surface area contributed by atoms with Gasteiger partial charge in [0, 0.05) is 11.6 Å². The Morgan fingerprint density at radius 2 is 2.04 bits per heavy atom. The van der Waals surface area contributed by atoms with Gasteiger partial charge in [-0.25, -0.2) is 0 Å². The molecule has 0 unspecified atom stereocenters. The van der Waals surface area contributed by atoms with Crippen LogP contribution in [0.1, 0.15) is 12.5 Å². The zero-order valence-electron chi connectivity index (χ0n) is 14.7. The topological polar surface area (TPSA) is 125 Å². The van der Waals surface area contributed by atoms with E-state index in [4.69, 9.17) is 19.9 Å². The molecule has 1 aromatic rings. The fourth-order valence-corrected chi connectivity index (χ4v) is 3.00. The lowest BCUT2D eigenvalue weighted by Gasteiger charge is -2.11. The normalized spacial score (nSPS) is 15.2. The number of hydrogen-bond acceptors (Lipinski definition) is 8. The molecule has 0 radical (unpaired) electrons. The fourth-order valence-electron chi connectivity index (χ4n) is 2.17. The summed E-state index contributed by atoms with van der Waals surface area (Å²) in [6.45, 7) is 1.07. The number of imide groups is 1. The van der Waals surface area contributed by atoms with Crippen LogP contribution in [0.15, 0.2) is 23.1 Å². The summed E-state index contributed by atoms with van der Waals surface area (Å²) in [5.74, 6) is -1.13. The van der Waals surface area contributed by atoms with Crippen LogP contribution in [0.2, 0.25) is 0 Å². The molecule has 0 aromatic heterocycles. The monoisotopic (exact) mass is 394 g/mol. The molecule has 1 fully saturated rings. The number of carbonyl (C=O) groups is 4. The number of amides is 3. The molecule has 0 atom stereocenters. The third-order valence-corrected chi connectivity index (χ3v) is 4.25. The summed E-state index contributed by atoms with van der Waals surface area (Å²) in [4.78, 5) is 47.7. The van der Waals surface area contributed by atoms with Crippen LogP contribution in [-0.4, -0.2) is 54.8 Å². The van der Waals surface area contributed by atoms with Crippen molar-refractivity contribution < 1.29 is 33.4 Å².